The Balaban J connectivity index is 1.50. The molecule has 3 rings (SSSR count). The molecule has 2 N–H and O–H groups in total. The van der Waals surface area contributed by atoms with E-state index in [2.05, 4.69) is 20.5 Å². The lowest BCUT2D eigenvalue weighted by Gasteiger charge is -2.06. The molecular weight excluding hydrogens is 348 g/mol. The number of benzene rings is 2. The van der Waals surface area contributed by atoms with E-state index >= 15 is 0 Å². The number of nitrogens with zero attached hydrogens (tertiary/aromatic N) is 2. The molecule has 5 nitrogen and oxygen atoms in total. The molecular formula is C20H21ClN4O. The van der Waals surface area contributed by atoms with E-state index in [0.717, 1.165) is 17.0 Å². The molecule has 0 radical (unpaired) electrons. The molecule has 0 unspecified atom stereocenters. The van der Waals surface area contributed by atoms with E-state index in [1.165, 1.54) is 5.56 Å². The van der Waals surface area contributed by atoms with Crippen LogP contribution in [0.2, 0.25) is 5.02 Å². The van der Waals surface area contributed by atoms with Crippen molar-refractivity contribution in [1.82, 2.24) is 20.5 Å². The lowest BCUT2D eigenvalue weighted by Crippen LogP contribution is -2.26. The summed E-state index contributed by atoms with van der Waals surface area (Å²) < 4.78 is 0. The van der Waals surface area contributed by atoms with Gasteiger partial charge in [-0.15, -0.1) is 0 Å². The summed E-state index contributed by atoms with van der Waals surface area (Å²) in [5, 5.41) is 10.8. The van der Waals surface area contributed by atoms with Gasteiger partial charge in [0.25, 0.3) is 5.91 Å². The van der Waals surface area contributed by atoms with Gasteiger partial charge in [-0.3, -0.25) is 9.89 Å². The predicted molar refractivity (Wildman–Crippen MR) is 103 cm³/mol. The first-order valence-corrected chi connectivity index (χ1v) is 8.89. The van der Waals surface area contributed by atoms with E-state index in [4.69, 9.17) is 11.6 Å². The van der Waals surface area contributed by atoms with E-state index < -0.39 is 0 Å². The van der Waals surface area contributed by atoms with Gasteiger partial charge in [-0.1, -0.05) is 29.8 Å². The average Bonchev–Trinajstić information content (AvgIpc) is 3.06. The van der Waals surface area contributed by atoms with Crippen LogP contribution in [0.25, 0.3) is 0 Å². The summed E-state index contributed by atoms with van der Waals surface area (Å²) >= 11 is 5.89. The predicted octanol–water partition coefficient (Wildman–Crippen LogP) is 3.64. The summed E-state index contributed by atoms with van der Waals surface area (Å²) in [6.07, 6.45) is 1.24. The van der Waals surface area contributed by atoms with Crippen LogP contribution in [-0.2, 0) is 12.8 Å². The molecule has 0 aliphatic carbocycles. The average molecular weight is 369 g/mol. The monoisotopic (exact) mass is 368 g/mol. The topological polar surface area (TPSA) is 70.7 Å². The molecule has 0 aliphatic heterocycles. The van der Waals surface area contributed by atoms with Crippen LogP contribution in [0.15, 0.2) is 42.5 Å². The minimum Gasteiger partial charge on any atom is -0.352 e. The van der Waals surface area contributed by atoms with Crippen molar-refractivity contribution in [3.63, 3.8) is 0 Å². The van der Waals surface area contributed by atoms with Crippen LogP contribution in [0, 0.1) is 13.8 Å². The van der Waals surface area contributed by atoms with Gasteiger partial charge in [-0.05, 0) is 54.8 Å². The van der Waals surface area contributed by atoms with Gasteiger partial charge in [0.05, 0.1) is 0 Å². The third kappa shape index (κ3) is 4.70. The van der Waals surface area contributed by atoms with Crippen molar-refractivity contribution in [2.75, 3.05) is 6.54 Å². The summed E-state index contributed by atoms with van der Waals surface area (Å²) in [7, 11) is 0. The second kappa shape index (κ2) is 8.15. The zero-order chi connectivity index (χ0) is 18.5. The quantitative estimate of drug-likeness (QED) is 0.697. The minimum atomic E-state index is -0.0787. The van der Waals surface area contributed by atoms with Crippen molar-refractivity contribution in [3.05, 3.63) is 81.4 Å². The molecule has 3 aromatic rings. The van der Waals surface area contributed by atoms with Gasteiger partial charge in [0.2, 0.25) is 0 Å². The van der Waals surface area contributed by atoms with Crippen molar-refractivity contribution in [1.29, 1.82) is 0 Å². The van der Waals surface area contributed by atoms with E-state index in [1.54, 1.807) is 0 Å². The van der Waals surface area contributed by atoms with Crippen molar-refractivity contribution in [2.45, 2.75) is 26.7 Å². The smallest absolute Gasteiger partial charge is 0.251 e. The number of nitrogens with one attached hydrogen (secondary N) is 2. The van der Waals surface area contributed by atoms with Gasteiger partial charge >= 0.3 is 0 Å². The number of aryl methyl sites for hydroxylation is 2. The fraction of sp³-hybridized carbons (Fsp3) is 0.250. The number of hydrogen-bond donors (Lipinski definition) is 2. The number of carbonyl (C=O) groups excluding carboxylic acids is 1. The first kappa shape index (κ1) is 18.1. The van der Waals surface area contributed by atoms with Crippen LogP contribution in [-0.4, -0.2) is 27.6 Å². The van der Waals surface area contributed by atoms with Crippen molar-refractivity contribution in [2.24, 2.45) is 0 Å². The Labute approximate surface area is 157 Å². The fourth-order valence-corrected chi connectivity index (χ4v) is 2.72. The van der Waals surface area contributed by atoms with Crippen LogP contribution < -0.4 is 5.32 Å². The van der Waals surface area contributed by atoms with Gasteiger partial charge < -0.3 is 5.32 Å². The molecule has 0 saturated heterocycles. The van der Waals surface area contributed by atoms with Gasteiger partial charge in [0.15, 0.2) is 5.82 Å². The molecule has 1 heterocycles. The molecule has 0 atom stereocenters. The zero-order valence-electron chi connectivity index (χ0n) is 14.8. The Bertz CT molecular complexity index is 902. The molecule has 2 aromatic carbocycles. The Hall–Kier alpha value is -2.66. The largest absolute Gasteiger partial charge is 0.352 e. The van der Waals surface area contributed by atoms with Crippen LogP contribution in [0.1, 0.15) is 38.7 Å². The number of rotatable bonds is 6. The highest BCUT2D eigenvalue weighted by Gasteiger charge is 2.08. The second-order valence-corrected chi connectivity index (χ2v) is 6.74. The van der Waals surface area contributed by atoms with Crippen LogP contribution in [0.3, 0.4) is 0 Å². The maximum Gasteiger partial charge on any atom is 0.251 e. The van der Waals surface area contributed by atoms with E-state index in [0.29, 0.717) is 35.8 Å². The highest BCUT2D eigenvalue weighted by Crippen LogP contribution is 2.12. The van der Waals surface area contributed by atoms with Crippen LogP contribution >= 0.6 is 11.6 Å². The minimum absolute atomic E-state index is 0.0787. The number of halogens is 1. The number of aromatic nitrogens is 3. The fourth-order valence-electron chi connectivity index (χ4n) is 2.59. The van der Waals surface area contributed by atoms with E-state index in [1.807, 2.05) is 56.3 Å². The molecule has 6 heteroatoms. The highest BCUT2D eigenvalue weighted by atomic mass is 35.5. The zero-order valence-corrected chi connectivity index (χ0v) is 15.6. The first-order valence-electron chi connectivity index (χ1n) is 8.51. The van der Waals surface area contributed by atoms with Crippen molar-refractivity contribution in [3.8, 4) is 0 Å². The van der Waals surface area contributed by atoms with Crippen LogP contribution in [0.5, 0.6) is 0 Å². The first-order chi connectivity index (χ1) is 12.5. The normalized spacial score (nSPS) is 10.7. The maximum atomic E-state index is 12.2. The Morgan fingerprint density at radius 1 is 1.12 bits per heavy atom. The van der Waals surface area contributed by atoms with Gasteiger partial charge in [0, 0.05) is 30.0 Å². The number of carbonyl (C=O) groups is 1. The lowest BCUT2D eigenvalue weighted by atomic mass is 10.1. The van der Waals surface area contributed by atoms with Crippen molar-refractivity contribution < 1.29 is 4.79 Å². The van der Waals surface area contributed by atoms with Gasteiger partial charge in [-0.2, -0.15) is 5.10 Å². The summed E-state index contributed by atoms with van der Waals surface area (Å²) in [6, 6.07) is 13.4. The standard InChI is InChI=1S/C20H21ClN4O/c1-13-3-6-16(11-14(13)2)20(26)22-10-9-18-23-19(25-24-18)12-15-4-7-17(21)8-5-15/h3-8,11H,9-10,12H2,1-2H3,(H,22,26)(H,23,24,25). The number of aromatic amines is 1. The molecule has 1 amide bonds. The molecule has 0 spiro atoms. The Morgan fingerprint density at radius 3 is 2.62 bits per heavy atom. The van der Waals surface area contributed by atoms with Gasteiger partial charge in [-0.25, -0.2) is 4.98 Å². The third-order valence-corrected chi connectivity index (χ3v) is 4.52. The molecule has 1 aromatic heterocycles. The highest BCUT2D eigenvalue weighted by molar-refractivity contribution is 6.30. The summed E-state index contributed by atoms with van der Waals surface area (Å²) in [6.45, 7) is 4.52. The molecule has 0 fully saturated rings. The molecule has 0 bridgehead atoms. The summed E-state index contributed by atoms with van der Waals surface area (Å²) in [5.74, 6) is 1.40. The van der Waals surface area contributed by atoms with Crippen molar-refractivity contribution >= 4 is 17.5 Å². The molecule has 0 aliphatic rings. The summed E-state index contributed by atoms with van der Waals surface area (Å²) in [5.41, 5.74) is 4.07. The van der Waals surface area contributed by atoms with Gasteiger partial charge in [0.1, 0.15) is 5.82 Å². The molecule has 26 heavy (non-hydrogen) atoms. The maximum absolute atomic E-state index is 12.2. The Morgan fingerprint density at radius 2 is 1.88 bits per heavy atom. The molecule has 134 valence electrons. The Kier molecular flexibility index (Phi) is 5.68. The SMILES string of the molecule is Cc1ccc(C(=O)NCCc2n[nH]c(Cc3ccc(Cl)cc3)n2)cc1C. The van der Waals surface area contributed by atoms with E-state index in [9.17, 15) is 4.79 Å². The molecule has 0 saturated carbocycles. The van der Waals surface area contributed by atoms with E-state index in [-0.39, 0.29) is 5.91 Å². The third-order valence-electron chi connectivity index (χ3n) is 4.27. The summed E-state index contributed by atoms with van der Waals surface area (Å²) in [4.78, 5) is 16.7. The number of H-pyrrole nitrogens is 1. The second-order valence-electron chi connectivity index (χ2n) is 6.31. The van der Waals surface area contributed by atoms with Crippen LogP contribution in [0.4, 0.5) is 0 Å². The number of hydrogen-bond acceptors (Lipinski definition) is 3. The lowest BCUT2D eigenvalue weighted by molar-refractivity contribution is 0.0954. The number of amides is 1.